The summed E-state index contributed by atoms with van der Waals surface area (Å²) in [5.74, 6) is 0.297. The topological polar surface area (TPSA) is 73.6 Å². The van der Waals surface area contributed by atoms with Crippen molar-refractivity contribution in [3.63, 3.8) is 0 Å². The van der Waals surface area contributed by atoms with Gasteiger partial charge in [-0.3, -0.25) is 0 Å². The Bertz CT molecular complexity index is 1060. The summed E-state index contributed by atoms with van der Waals surface area (Å²) in [6.45, 7) is 4.18. The van der Waals surface area contributed by atoms with E-state index in [0.717, 1.165) is 27.4 Å². The highest BCUT2D eigenvalue weighted by molar-refractivity contribution is 7.12. The molecule has 6 nitrogen and oxygen atoms in total. The van der Waals surface area contributed by atoms with E-state index < -0.39 is 5.97 Å². The largest absolute Gasteiger partial charge is 0.496 e. The van der Waals surface area contributed by atoms with E-state index in [9.17, 15) is 9.90 Å². The second-order valence-corrected chi connectivity index (χ2v) is 7.37. The average Bonchev–Trinajstić information content (AvgIpc) is 3.28. The molecule has 0 spiro atoms. The van der Waals surface area contributed by atoms with E-state index in [1.54, 1.807) is 11.8 Å². The lowest BCUT2D eigenvalue weighted by Crippen LogP contribution is -2.10. The first-order valence-corrected chi connectivity index (χ1v) is 9.26. The molecule has 0 amide bonds. The van der Waals surface area contributed by atoms with Crippen molar-refractivity contribution in [2.45, 2.75) is 20.5 Å². The van der Waals surface area contributed by atoms with Gasteiger partial charge in [0.2, 0.25) is 0 Å². The Morgan fingerprint density at radius 3 is 2.85 bits per heavy atom. The summed E-state index contributed by atoms with van der Waals surface area (Å²) < 4.78 is 13.1. The Balaban J connectivity index is 2.02. The number of carbonyl (C=O) groups is 1. The number of nitrogens with zero attached hydrogens (tertiary/aromatic N) is 2. The van der Waals surface area contributed by atoms with Crippen molar-refractivity contribution < 1.29 is 19.4 Å². The number of ether oxygens (including phenoxy) is 2. The van der Waals surface area contributed by atoms with Crippen molar-refractivity contribution in [2.24, 2.45) is 0 Å². The van der Waals surface area contributed by atoms with Crippen LogP contribution in [0.4, 0.5) is 0 Å². The van der Waals surface area contributed by atoms with Crippen LogP contribution in [-0.2, 0) is 6.61 Å². The first kappa shape index (κ1) is 17.4. The molecule has 3 heterocycles. The first-order chi connectivity index (χ1) is 13.0. The number of allylic oxidation sites excluding steroid dienone is 1. The third kappa shape index (κ3) is 2.90. The number of benzene rings is 1. The summed E-state index contributed by atoms with van der Waals surface area (Å²) in [5.41, 5.74) is 4.19. The van der Waals surface area contributed by atoms with E-state index in [0.29, 0.717) is 17.1 Å². The summed E-state index contributed by atoms with van der Waals surface area (Å²) in [7, 11) is 1.62. The summed E-state index contributed by atoms with van der Waals surface area (Å²) in [6.07, 6.45) is 2.03. The standard InChI is InChI=1S/C20H18N2O4S/c1-11(2)7-12-8-13-16(9-15(12)25-3)26-10-14-18(20(23)24)21-22(19(13)14)17-5-4-6-27-17/h4-9H,10H2,1-3H3,(H,23,24). The molecule has 4 rings (SSSR count). The molecule has 1 N–H and O–H groups in total. The van der Waals surface area contributed by atoms with Gasteiger partial charge in [0.15, 0.2) is 5.69 Å². The van der Waals surface area contributed by atoms with Crippen LogP contribution in [0.2, 0.25) is 0 Å². The molecule has 1 aromatic carbocycles. The van der Waals surface area contributed by atoms with Gasteiger partial charge in [0.1, 0.15) is 23.1 Å². The number of carboxylic acid groups (broad SMARTS) is 1. The van der Waals surface area contributed by atoms with Crippen LogP contribution in [0.1, 0.15) is 35.5 Å². The van der Waals surface area contributed by atoms with Crippen molar-refractivity contribution in [1.82, 2.24) is 9.78 Å². The van der Waals surface area contributed by atoms with Gasteiger partial charge in [0, 0.05) is 17.2 Å². The molecule has 27 heavy (non-hydrogen) atoms. The van der Waals surface area contributed by atoms with Crippen molar-refractivity contribution in [1.29, 1.82) is 0 Å². The quantitative estimate of drug-likeness (QED) is 0.712. The molecular weight excluding hydrogens is 364 g/mol. The summed E-state index contributed by atoms with van der Waals surface area (Å²) >= 11 is 1.50. The minimum absolute atomic E-state index is 0.0173. The van der Waals surface area contributed by atoms with Crippen LogP contribution in [0.25, 0.3) is 22.3 Å². The predicted octanol–water partition coefficient (Wildman–Crippen LogP) is 4.62. The maximum Gasteiger partial charge on any atom is 0.356 e. The molecule has 1 aliphatic rings. The van der Waals surface area contributed by atoms with Crippen LogP contribution >= 0.6 is 11.3 Å². The Kier molecular flexibility index (Phi) is 4.24. The minimum Gasteiger partial charge on any atom is -0.496 e. The van der Waals surface area contributed by atoms with Crippen LogP contribution in [0.3, 0.4) is 0 Å². The average molecular weight is 382 g/mol. The van der Waals surface area contributed by atoms with Crippen molar-refractivity contribution >= 4 is 23.4 Å². The Morgan fingerprint density at radius 1 is 1.41 bits per heavy atom. The second-order valence-electron chi connectivity index (χ2n) is 6.44. The molecule has 0 saturated heterocycles. The molecule has 7 heteroatoms. The number of carboxylic acids is 1. The molecule has 0 fully saturated rings. The molecule has 138 valence electrons. The Morgan fingerprint density at radius 2 is 2.22 bits per heavy atom. The minimum atomic E-state index is -1.06. The van der Waals surface area contributed by atoms with Gasteiger partial charge in [-0.1, -0.05) is 11.6 Å². The van der Waals surface area contributed by atoms with Crippen LogP contribution < -0.4 is 9.47 Å². The number of rotatable bonds is 4. The monoisotopic (exact) mass is 382 g/mol. The van der Waals surface area contributed by atoms with Gasteiger partial charge in [-0.15, -0.1) is 11.3 Å². The lowest BCUT2D eigenvalue weighted by Gasteiger charge is -2.21. The molecule has 0 aliphatic carbocycles. The van der Waals surface area contributed by atoms with Gasteiger partial charge in [0.25, 0.3) is 0 Å². The zero-order valence-electron chi connectivity index (χ0n) is 15.1. The summed E-state index contributed by atoms with van der Waals surface area (Å²) in [6, 6.07) is 7.65. The van der Waals surface area contributed by atoms with Crippen molar-refractivity contribution in [2.75, 3.05) is 7.11 Å². The second kappa shape index (κ2) is 6.59. The number of aromatic carboxylic acids is 1. The van der Waals surface area contributed by atoms with Crippen LogP contribution in [0.5, 0.6) is 11.5 Å². The van der Waals surface area contributed by atoms with E-state index in [1.807, 2.05) is 49.6 Å². The normalized spacial score (nSPS) is 12.0. The van der Waals surface area contributed by atoms with E-state index >= 15 is 0 Å². The summed E-state index contributed by atoms with van der Waals surface area (Å²) in [5, 5.41) is 16.8. The number of aromatic nitrogens is 2. The molecule has 0 bridgehead atoms. The van der Waals surface area contributed by atoms with Gasteiger partial charge in [-0.05, 0) is 37.4 Å². The van der Waals surface area contributed by atoms with E-state index in [4.69, 9.17) is 9.47 Å². The predicted molar refractivity (Wildman–Crippen MR) is 104 cm³/mol. The molecular formula is C20H18N2O4S. The maximum absolute atomic E-state index is 11.7. The van der Waals surface area contributed by atoms with Crippen molar-refractivity contribution in [3.8, 4) is 27.8 Å². The molecule has 1 aliphatic heterocycles. The van der Waals surface area contributed by atoms with Crippen LogP contribution in [0.15, 0.2) is 35.2 Å². The molecule has 0 radical (unpaired) electrons. The van der Waals surface area contributed by atoms with E-state index in [-0.39, 0.29) is 12.3 Å². The van der Waals surface area contributed by atoms with Gasteiger partial charge in [-0.2, -0.15) is 5.10 Å². The van der Waals surface area contributed by atoms with Crippen LogP contribution in [-0.4, -0.2) is 28.0 Å². The number of hydrogen-bond acceptors (Lipinski definition) is 5. The van der Waals surface area contributed by atoms with Gasteiger partial charge >= 0.3 is 5.97 Å². The lowest BCUT2D eigenvalue weighted by atomic mass is 9.98. The van der Waals surface area contributed by atoms with Gasteiger partial charge < -0.3 is 14.6 Å². The number of hydrogen-bond donors (Lipinski definition) is 1. The number of methoxy groups -OCH3 is 1. The molecule has 0 saturated carbocycles. The zero-order chi connectivity index (χ0) is 19.1. The highest BCUT2D eigenvalue weighted by Crippen LogP contribution is 2.44. The maximum atomic E-state index is 11.7. The smallest absolute Gasteiger partial charge is 0.356 e. The molecule has 0 atom stereocenters. The summed E-state index contributed by atoms with van der Waals surface area (Å²) in [4.78, 5) is 11.7. The fourth-order valence-corrected chi connectivity index (χ4v) is 3.90. The third-order valence-electron chi connectivity index (χ3n) is 4.30. The van der Waals surface area contributed by atoms with Crippen molar-refractivity contribution in [3.05, 3.63) is 52.0 Å². The lowest BCUT2D eigenvalue weighted by molar-refractivity contribution is 0.0687. The third-order valence-corrected chi connectivity index (χ3v) is 5.15. The number of fused-ring (bicyclic) bond motifs is 3. The van der Waals surface area contributed by atoms with Gasteiger partial charge in [-0.25, -0.2) is 9.48 Å². The Labute approximate surface area is 160 Å². The highest BCUT2D eigenvalue weighted by Gasteiger charge is 2.31. The number of thiophene rings is 1. The SMILES string of the molecule is COc1cc2c(cc1C=C(C)C)-c1c(c(C(=O)O)nn1-c1cccs1)CO2. The Hall–Kier alpha value is -3.06. The highest BCUT2D eigenvalue weighted by atomic mass is 32.1. The fourth-order valence-electron chi connectivity index (χ4n) is 3.22. The molecule has 3 aromatic rings. The molecule has 0 unspecified atom stereocenters. The van der Waals surface area contributed by atoms with Gasteiger partial charge in [0.05, 0.1) is 18.4 Å². The molecule has 2 aromatic heterocycles. The first-order valence-electron chi connectivity index (χ1n) is 8.38. The van der Waals surface area contributed by atoms with Crippen LogP contribution in [0, 0.1) is 0 Å². The zero-order valence-corrected chi connectivity index (χ0v) is 16.0. The van der Waals surface area contributed by atoms with E-state index in [2.05, 4.69) is 5.10 Å². The fraction of sp³-hybridized carbons (Fsp3) is 0.200. The van der Waals surface area contributed by atoms with E-state index in [1.165, 1.54) is 11.3 Å².